The Hall–Kier alpha value is -2.10. The lowest BCUT2D eigenvalue weighted by molar-refractivity contribution is -0.122. The maximum absolute atomic E-state index is 11.6. The van der Waals surface area contributed by atoms with Crippen LogP contribution >= 0.6 is 0 Å². The van der Waals surface area contributed by atoms with E-state index in [1.54, 1.807) is 0 Å². The molecule has 1 aliphatic rings. The Morgan fingerprint density at radius 1 is 1.41 bits per heavy atom. The normalized spacial score (nSPS) is 14.2. The highest BCUT2D eigenvalue weighted by atomic mass is 16.2. The molecule has 1 aromatic carbocycles. The zero-order valence-electron chi connectivity index (χ0n) is 13.1. The molecule has 0 unspecified atom stereocenters. The number of para-hydroxylation sites is 2. The van der Waals surface area contributed by atoms with Gasteiger partial charge in [-0.2, -0.15) is 0 Å². The number of nitrogens with zero attached hydrogens (tertiary/aromatic N) is 2. The molecule has 1 aliphatic carbocycles. The fourth-order valence-corrected chi connectivity index (χ4v) is 2.71. The number of rotatable bonds is 7. The van der Waals surface area contributed by atoms with E-state index in [-0.39, 0.29) is 11.8 Å². The molecule has 0 spiro atoms. The third-order valence-electron chi connectivity index (χ3n) is 3.99. The average molecular weight is 297 g/mol. The van der Waals surface area contributed by atoms with Gasteiger partial charge in [0, 0.05) is 25.4 Å². The van der Waals surface area contributed by atoms with Gasteiger partial charge in [-0.15, -0.1) is 0 Å². The molecular formula is C18H23N3O. The van der Waals surface area contributed by atoms with Crippen molar-refractivity contribution in [2.75, 3.05) is 6.54 Å². The van der Waals surface area contributed by atoms with E-state index in [9.17, 15) is 4.79 Å². The Kier molecular flexibility index (Phi) is 4.27. The Morgan fingerprint density at radius 2 is 2.18 bits per heavy atom. The van der Waals surface area contributed by atoms with Crippen LogP contribution in [0.15, 0.2) is 36.4 Å². The van der Waals surface area contributed by atoms with E-state index in [1.165, 1.54) is 0 Å². The van der Waals surface area contributed by atoms with Crippen LogP contribution in [0, 0.1) is 5.92 Å². The zero-order chi connectivity index (χ0) is 15.5. The molecule has 0 atom stereocenters. The lowest BCUT2D eigenvalue weighted by Crippen LogP contribution is -2.26. The zero-order valence-corrected chi connectivity index (χ0v) is 13.1. The number of amides is 1. The van der Waals surface area contributed by atoms with Crippen molar-refractivity contribution in [3.05, 3.63) is 42.2 Å². The first-order chi connectivity index (χ1) is 10.6. The summed E-state index contributed by atoms with van der Waals surface area (Å²) in [4.78, 5) is 16.4. The summed E-state index contributed by atoms with van der Waals surface area (Å²) in [5, 5.41) is 3.02. The number of imidazole rings is 1. The van der Waals surface area contributed by atoms with Gasteiger partial charge in [-0.3, -0.25) is 4.79 Å². The molecule has 3 rings (SSSR count). The van der Waals surface area contributed by atoms with E-state index in [1.807, 2.05) is 25.1 Å². The number of carbonyl (C=O) groups excluding carboxylic acids is 1. The summed E-state index contributed by atoms with van der Waals surface area (Å²) in [5.74, 6) is 1.58. The minimum atomic E-state index is 0.218. The molecule has 1 aromatic heterocycles. The first-order valence-electron chi connectivity index (χ1n) is 8.01. The number of hydrogen-bond acceptors (Lipinski definition) is 2. The number of allylic oxidation sites excluding steroid dienone is 1. The van der Waals surface area contributed by atoms with Gasteiger partial charge in [0.2, 0.25) is 5.91 Å². The van der Waals surface area contributed by atoms with Gasteiger partial charge in [0.15, 0.2) is 0 Å². The van der Waals surface area contributed by atoms with Gasteiger partial charge in [-0.1, -0.05) is 24.3 Å². The second kappa shape index (κ2) is 6.34. The molecule has 1 heterocycles. The third kappa shape index (κ3) is 3.38. The predicted octanol–water partition coefficient (Wildman–Crippen LogP) is 3.07. The molecule has 0 radical (unpaired) electrons. The topological polar surface area (TPSA) is 46.9 Å². The highest BCUT2D eigenvalue weighted by molar-refractivity contribution is 5.80. The summed E-state index contributed by atoms with van der Waals surface area (Å²) in [6.45, 7) is 7.58. The van der Waals surface area contributed by atoms with Gasteiger partial charge in [0.1, 0.15) is 5.82 Å². The van der Waals surface area contributed by atoms with E-state index in [0.29, 0.717) is 0 Å². The van der Waals surface area contributed by atoms with Crippen molar-refractivity contribution in [3.63, 3.8) is 0 Å². The number of carbonyl (C=O) groups is 1. The standard InChI is InChI=1S/C18H23N3O/c1-13(2)12-21-16-7-4-3-6-15(16)20-17(21)8-5-11-19-18(22)14-9-10-14/h3-4,6-7,14H,1,5,8-12H2,2H3,(H,19,22). The molecule has 116 valence electrons. The third-order valence-corrected chi connectivity index (χ3v) is 3.99. The first kappa shape index (κ1) is 14.8. The van der Waals surface area contributed by atoms with E-state index in [2.05, 4.69) is 22.5 Å². The Morgan fingerprint density at radius 3 is 2.91 bits per heavy atom. The van der Waals surface area contributed by atoms with Crippen LogP contribution < -0.4 is 5.32 Å². The van der Waals surface area contributed by atoms with Gasteiger partial charge in [0.05, 0.1) is 11.0 Å². The van der Waals surface area contributed by atoms with Crippen LogP contribution in [-0.2, 0) is 17.8 Å². The van der Waals surface area contributed by atoms with Gasteiger partial charge < -0.3 is 9.88 Å². The molecule has 1 N–H and O–H groups in total. The van der Waals surface area contributed by atoms with Crippen molar-refractivity contribution >= 4 is 16.9 Å². The molecule has 1 amide bonds. The van der Waals surface area contributed by atoms with Gasteiger partial charge in [-0.25, -0.2) is 4.98 Å². The number of benzene rings is 1. The monoisotopic (exact) mass is 297 g/mol. The highest BCUT2D eigenvalue weighted by Crippen LogP contribution is 2.28. The van der Waals surface area contributed by atoms with Crippen LogP contribution in [0.4, 0.5) is 0 Å². The van der Waals surface area contributed by atoms with E-state index in [4.69, 9.17) is 4.98 Å². The van der Waals surface area contributed by atoms with Crippen molar-refractivity contribution in [3.8, 4) is 0 Å². The minimum Gasteiger partial charge on any atom is -0.356 e. The fourth-order valence-electron chi connectivity index (χ4n) is 2.71. The average Bonchev–Trinajstić information content (AvgIpc) is 3.28. The minimum absolute atomic E-state index is 0.218. The summed E-state index contributed by atoms with van der Waals surface area (Å²) in [7, 11) is 0. The summed E-state index contributed by atoms with van der Waals surface area (Å²) in [5.41, 5.74) is 3.30. The van der Waals surface area contributed by atoms with Gasteiger partial charge >= 0.3 is 0 Å². The molecule has 4 heteroatoms. The molecule has 0 aliphatic heterocycles. The second-order valence-corrected chi connectivity index (χ2v) is 6.23. The van der Waals surface area contributed by atoms with Crippen LogP contribution in [0.1, 0.15) is 32.0 Å². The quantitative estimate of drug-likeness (QED) is 0.630. The SMILES string of the molecule is C=C(C)Cn1c(CCCNC(=O)C2CC2)nc2ccccc21. The van der Waals surface area contributed by atoms with Crippen LogP contribution in [0.2, 0.25) is 0 Å². The summed E-state index contributed by atoms with van der Waals surface area (Å²) < 4.78 is 2.24. The summed E-state index contributed by atoms with van der Waals surface area (Å²) in [6.07, 6.45) is 3.89. The molecule has 4 nitrogen and oxygen atoms in total. The lowest BCUT2D eigenvalue weighted by Gasteiger charge is -2.09. The maximum Gasteiger partial charge on any atom is 0.223 e. The Labute approximate surface area is 131 Å². The molecule has 0 saturated heterocycles. The molecular weight excluding hydrogens is 274 g/mol. The predicted molar refractivity (Wildman–Crippen MR) is 88.6 cm³/mol. The van der Waals surface area contributed by atoms with Crippen LogP contribution in [0.5, 0.6) is 0 Å². The maximum atomic E-state index is 11.6. The van der Waals surface area contributed by atoms with E-state index < -0.39 is 0 Å². The van der Waals surface area contributed by atoms with Crippen LogP contribution in [-0.4, -0.2) is 22.0 Å². The highest BCUT2D eigenvalue weighted by Gasteiger charge is 2.28. The largest absolute Gasteiger partial charge is 0.356 e. The van der Waals surface area contributed by atoms with Crippen LogP contribution in [0.3, 0.4) is 0 Å². The number of nitrogens with one attached hydrogen (secondary N) is 1. The van der Waals surface area contributed by atoms with E-state index in [0.717, 1.165) is 61.2 Å². The molecule has 1 saturated carbocycles. The first-order valence-corrected chi connectivity index (χ1v) is 8.01. The lowest BCUT2D eigenvalue weighted by atomic mass is 10.2. The van der Waals surface area contributed by atoms with Crippen molar-refractivity contribution < 1.29 is 4.79 Å². The number of fused-ring (bicyclic) bond motifs is 1. The summed E-state index contributed by atoms with van der Waals surface area (Å²) >= 11 is 0. The molecule has 2 aromatic rings. The Bertz CT molecular complexity index is 697. The number of aryl methyl sites for hydroxylation is 1. The molecule has 0 bridgehead atoms. The van der Waals surface area contributed by atoms with Gasteiger partial charge in [-0.05, 0) is 38.3 Å². The van der Waals surface area contributed by atoms with Crippen molar-refractivity contribution in [1.82, 2.24) is 14.9 Å². The molecule has 1 fully saturated rings. The fraction of sp³-hybridized carbons (Fsp3) is 0.444. The van der Waals surface area contributed by atoms with E-state index >= 15 is 0 Å². The number of aromatic nitrogens is 2. The van der Waals surface area contributed by atoms with Crippen molar-refractivity contribution in [2.24, 2.45) is 5.92 Å². The van der Waals surface area contributed by atoms with Crippen molar-refractivity contribution in [1.29, 1.82) is 0 Å². The second-order valence-electron chi connectivity index (χ2n) is 6.23. The van der Waals surface area contributed by atoms with Gasteiger partial charge in [0.25, 0.3) is 0 Å². The van der Waals surface area contributed by atoms with Crippen molar-refractivity contribution in [2.45, 2.75) is 39.2 Å². The smallest absolute Gasteiger partial charge is 0.223 e. The summed E-state index contributed by atoms with van der Waals surface area (Å²) in [6, 6.07) is 8.20. The Balaban J connectivity index is 1.66. The number of hydrogen-bond donors (Lipinski definition) is 1. The molecule has 22 heavy (non-hydrogen) atoms. The van der Waals surface area contributed by atoms with Crippen LogP contribution in [0.25, 0.3) is 11.0 Å².